The lowest BCUT2D eigenvalue weighted by molar-refractivity contribution is -0.146. The van der Waals surface area contributed by atoms with Crippen molar-refractivity contribution >= 4 is 5.97 Å². The Morgan fingerprint density at radius 2 is 1.40 bits per heavy atom. The van der Waals surface area contributed by atoms with Crippen LogP contribution in [0.25, 0.3) is 0 Å². The van der Waals surface area contributed by atoms with Crippen LogP contribution in [0, 0.1) is 0 Å². The number of ether oxygens (including phenoxy) is 4. The van der Waals surface area contributed by atoms with Gasteiger partial charge in [0.1, 0.15) is 17.6 Å². The van der Waals surface area contributed by atoms with Gasteiger partial charge in [0, 0.05) is 0 Å². The van der Waals surface area contributed by atoms with Crippen LogP contribution >= 0.6 is 0 Å². The van der Waals surface area contributed by atoms with Crippen molar-refractivity contribution in [3.63, 3.8) is 0 Å². The van der Waals surface area contributed by atoms with Crippen LogP contribution in [0.5, 0.6) is 11.5 Å². The molecule has 5 nitrogen and oxygen atoms in total. The lowest BCUT2D eigenvalue weighted by Crippen LogP contribution is -2.23. The zero-order chi connectivity index (χ0) is 17.4. The number of hydrogen-bond acceptors (Lipinski definition) is 5. The van der Waals surface area contributed by atoms with E-state index in [0.29, 0.717) is 0 Å². The van der Waals surface area contributed by atoms with Crippen LogP contribution in [-0.2, 0) is 19.9 Å². The van der Waals surface area contributed by atoms with E-state index in [1.807, 2.05) is 48.5 Å². The lowest BCUT2D eigenvalue weighted by atomic mass is 9.87. The van der Waals surface area contributed by atoms with Gasteiger partial charge in [0.05, 0.1) is 14.2 Å². The lowest BCUT2D eigenvalue weighted by Gasteiger charge is -2.15. The average molecular weight is 340 g/mol. The van der Waals surface area contributed by atoms with Gasteiger partial charge in [0.2, 0.25) is 0 Å². The highest BCUT2D eigenvalue weighted by molar-refractivity contribution is 5.82. The van der Waals surface area contributed by atoms with E-state index in [-0.39, 0.29) is 12.1 Å². The Bertz CT molecular complexity index is 714. The molecule has 0 N–H and O–H groups in total. The smallest absolute Gasteiger partial charge is 0.339 e. The van der Waals surface area contributed by atoms with Gasteiger partial charge in [-0.3, -0.25) is 0 Å². The molecule has 130 valence electrons. The highest BCUT2D eigenvalue weighted by atomic mass is 16.7. The van der Waals surface area contributed by atoms with E-state index in [1.165, 1.54) is 0 Å². The van der Waals surface area contributed by atoms with Crippen LogP contribution in [-0.4, -0.2) is 32.4 Å². The SMILES string of the molecule is COc1ccc(C2(c3ccc(OC)cc3)OC2C(=O)OC2CC2)cc1. The molecule has 4 rings (SSSR count). The number of rotatable bonds is 6. The van der Waals surface area contributed by atoms with Crippen LogP contribution in [0.2, 0.25) is 0 Å². The summed E-state index contributed by atoms with van der Waals surface area (Å²) < 4.78 is 21.9. The van der Waals surface area contributed by atoms with E-state index in [0.717, 1.165) is 35.5 Å². The van der Waals surface area contributed by atoms with Gasteiger partial charge in [0.15, 0.2) is 11.7 Å². The van der Waals surface area contributed by atoms with E-state index in [1.54, 1.807) is 14.2 Å². The molecule has 5 heteroatoms. The van der Waals surface area contributed by atoms with Crippen molar-refractivity contribution in [3.8, 4) is 11.5 Å². The summed E-state index contributed by atoms with van der Waals surface area (Å²) >= 11 is 0. The summed E-state index contributed by atoms with van der Waals surface area (Å²) in [4.78, 5) is 12.5. The fourth-order valence-electron chi connectivity index (χ4n) is 3.06. The van der Waals surface area contributed by atoms with Gasteiger partial charge < -0.3 is 18.9 Å². The zero-order valence-corrected chi connectivity index (χ0v) is 14.2. The van der Waals surface area contributed by atoms with Crippen LogP contribution in [0.4, 0.5) is 0 Å². The molecule has 1 heterocycles. The zero-order valence-electron chi connectivity index (χ0n) is 14.2. The molecule has 0 spiro atoms. The molecule has 2 aromatic rings. The van der Waals surface area contributed by atoms with Gasteiger partial charge >= 0.3 is 5.97 Å². The fourth-order valence-corrected chi connectivity index (χ4v) is 3.06. The normalized spacial score (nSPS) is 20.6. The number of benzene rings is 2. The molecule has 0 aromatic heterocycles. The predicted octanol–water partition coefficient (Wildman–Crippen LogP) is 3.05. The molecule has 1 saturated heterocycles. The quantitative estimate of drug-likeness (QED) is 0.597. The standard InChI is InChI=1S/C20H20O5/c1-22-15-7-3-13(4-8-15)20(14-5-9-16(23-2)10-6-14)18(25-20)19(21)24-17-11-12-17/h3-10,17-18H,11-12H2,1-2H3. The second-order valence-corrected chi connectivity index (χ2v) is 6.33. The minimum Gasteiger partial charge on any atom is -0.497 e. The monoisotopic (exact) mass is 340 g/mol. The van der Waals surface area contributed by atoms with E-state index in [9.17, 15) is 4.79 Å². The molecule has 0 radical (unpaired) electrons. The predicted molar refractivity (Wildman–Crippen MR) is 90.8 cm³/mol. The van der Waals surface area contributed by atoms with Gasteiger partial charge in [-0.15, -0.1) is 0 Å². The molecule has 2 fully saturated rings. The van der Waals surface area contributed by atoms with Crippen molar-refractivity contribution < 1.29 is 23.7 Å². The number of epoxide rings is 1. The summed E-state index contributed by atoms with van der Waals surface area (Å²) in [6, 6.07) is 15.2. The van der Waals surface area contributed by atoms with Gasteiger partial charge in [-0.2, -0.15) is 0 Å². The van der Waals surface area contributed by atoms with Crippen molar-refractivity contribution in [2.45, 2.75) is 30.7 Å². The molecule has 25 heavy (non-hydrogen) atoms. The molecular formula is C20H20O5. The van der Waals surface area contributed by atoms with E-state index < -0.39 is 11.7 Å². The van der Waals surface area contributed by atoms with E-state index in [2.05, 4.69) is 0 Å². The van der Waals surface area contributed by atoms with Crippen LogP contribution < -0.4 is 9.47 Å². The number of methoxy groups -OCH3 is 2. The third-order valence-electron chi connectivity index (χ3n) is 4.67. The maximum Gasteiger partial charge on any atom is 0.339 e. The minimum atomic E-state index is -0.815. The minimum absolute atomic E-state index is 0.0566. The van der Waals surface area contributed by atoms with E-state index >= 15 is 0 Å². The molecule has 1 unspecified atom stereocenters. The largest absolute Gasteiger partial charge is 0.497 e. The molecule has 1 aliphatic heterocycles. The van der Waals surface area contributed by atoms with E-state index in [4.69, 9.17) is 18.9 Å². The number of hydrogen-bond donors (Lipinski definition) is 0. The second-order valence-electron chi connectivity index (χ2n) is 6.33. The molecule has 0 bridgehead atoms. The van der Waals surface area contributed by atoms with Gasteiger partial charge in [-0.1, -0.05) is 24.3 Å². The Labute approximate surface area is 146 Å². The molecule has 2 aliphatic rings. The Balaban J connectivity index is 1.68. The molecule has 2 aromatic carbocycles. The fraction of sp³-hybridized carbons (Fsp3) is 0.350. The maximum absolute atomic E-state index is 12.5. The Hall–Kier alpha value is -2.53. The Morgan fingerprint density at radius 3 is 1.80 bits per heavy atom. The second kappa shape index (κ2) is 6.08. The summed E-state index contributed by atoms with van der Waals surface area (Å²) in [6.07, 6.45) is 1.31. The third-order valence-corrected chi connectivity index (χ3v) is 4.67. The first kappa shape index (κ1) is 16.0. The Kier molecular flexibility index (Phi) is 3.88. The molecule has 0 amide bonds. The number of esters is 1. The van der Waals surface area contributed by atoms with Gasteiger partial charge in [0.25, 0.3) is 0 Å². The van der Waals surface area contributed by atoms with Crippen molar-refractivity contribution in [2.75, 3.05) is 14.2 Å². The maximum atomic E-state index is 12.5. The van der Waals surface area contributed by atoms with Gasteiger partial charge in [-0.05, 0) is 48.2 Å². The molecule has 1 atom stereocenters. The number of carbonyl (C=O) groups excluding carboxylic acids is 1. The topological polar surface area (TPSA) is 57.3 Å². The summed E-state index contributed by atoms with van der Waals surface area (Å²) in [5.74, 6) is 1.21. The van der Waals surface area contributed by atoms with Crippen molar-refractivity contribution in [1.29, 1.82) is 0 Å². The first-order valence-electron chi connectivity index (χ1n) is 8.35. The van der Waals surface area contributed by atoms with Crippen LogP contribution in [0.3, 0.4) is 0 Å². The van der Waals surface area contributed by atoms with Crippen LogP contribution in [0.15, 0.2) is 48.5 Å². The highest BCUT2D eigenvalue weighted by Crippen LogP contribution is 2.53. The average Bonchev–Trinajstić information content (AvgIpc) is 3.57. The first-order valence-corrected chi connectivity index (χ1v) is 8.35. The summed E-state index contributed by atoms with van der Waals surface area (Å²) in [6.45, 7) is 0. The van der Waals surface area contributed by atoms with Crippen molar-refractivity contribution in [2.24, 2.45) is 0 Å². The molecule has 1 saturated carbocycles. The summed E-state index contributed by atoms with van der Waals surface area (Å²) in [5.41, 5.74) is 0.984. The third kappa shape index (κ3) is 2.85. The summed E-state index contributed by atoms with van der Waals surface area (Å²) in [7, 11) is 3.25. The highest BCUT2D eigenvalue weighted by Gasteiger charge is 2.64. The molecular weight excluding hydrogens is 320 g/mol. The summed E-state index contributed by atoms with van der Waals surface area (Å²) in [5, 5.41) is 0. The van der Waals surface area contributed by atoms with Crippen molar-refractivity contribution in [3.05, 3.63) is 59.7 Å². The Morgan fingerprint density at radius 1 is 0.920 bits per heavy atom. The number of carbonyl (C=O) groups is 1. The first-order chi connectivity index (χ1) is 12.2. The van der Waals surface area contributed by atoms with Gasteiger partial charge in [-0.25, -0.2) is 4.79 Å². The van der Waals surface area contributed by atoms with Crippen molar-refractivity contribution in [1.82, 2.24) is 0 Å². The molecule has 1 aliphatic carbocycles. The van der Waals surface area contributed by atoms with Crippen LogP contribution in [0.1, 0.15) is 24.0 Å².